The Bertz CT molecular complexity index is 940. The molecule has 0 saturated heterocycles. The highest BCUT2D eigenvalue weighted by Gasteiger charge is 2.10. The minimum Gasteiger partial charge on any atom is -0.435 e. The first-order chi connectivity index (χ1) is 14.0. The second kappa shape index (κ2) is 9.98. The first-order valence-electron chi connectivity index (χ1n) is 9.54. The molecule has 0 unspecified atom stereocenters. The summed E-state index contributed by atoms with van der Waals surface area (Å²) in [6.45, 7) is -0.106. The van der Waals surface area contributed by atoms with E-state index in [0.29, 0.717) is 13.0 Å². The normalized spacial score (nSPS) is 12.1. The summed E-state index contributed by atoms with van der Waals surface area (Å²) in [4.78, 5) is 12.1. The Kier molecular flexibility index (Phi) is 7.14. The summed E-state index contributed by atoms with van der Waals surface area (Å²) in [6, 6.07) is 20.8. The lowest BCUT2D eigenvalue weighted by molar-refractivity contribution is -0.120. The first kappa shape index (κ1) is 20.7. The zero-order valence-corrected chi connectivity index (χ0v) is 16.2. The molecule has 1 amide bonds. The summed E-state index contributed by atoms with van der Waals surface area (Å²) in [5, 5.41) is 8.48. The Morgan fingerprint density at radius 2 is 1.72 bits per heavy atom. The number of ether oxygens (including phenoxy) is 1. The van der Waals surface area contributed by atoms with Crippen LogP contribution < -0.4 is 15.4 Å². The van der Waals surface area contributed by atoms with E-state index in [2.05, 4.69) is 39.6 Å². The average Bonchev–Trinajstić information content (AvgIpc) is 2.72. The Morgan fingerprint density at radius 1 is 1.00 bits per heavy atom. The van der Waals surface area contributed by atoms with Crippen LogP contribution in [0.15, 0.2) is 66.7 Å². The zero-order valence-electron chi connectivity index (χ0n) is 16.2. The van der Waals surface area contributed by atoms with Crippen LogP contribution in [0.1, 0.15) is 24.1 Å². The Labute approximate surface area is 168 Å². The van der Waals surface area contributed by atoms with Crippen molar-refractivity contribution in [1.29, 1.82) is 0 Å². The number of hydrogen-bond acceptors (Lipinski definition) is 3. The van der Waals surface area contributed by atoms with Crippen LogP contribution in [0.5, 0.6) is 5.75 Å². The summed E-state index contributed by atoms with van der Waals surface area (Å²) in [6.07, 6.45) is 0.611. The third kappa shape index (κ3) is 5.99. The van der Waals surface area contributed by atoms with Gasteiger partial charge in [0.05, 0.1) is 6.54 Å². The molecule has 2 N–H and O–H groups in total. The van der Waals surface area contributed by atoms with Gasteiger partial charge in [0.2, 0.25) is 5.91 Å². The molecule has 0 bridgehead atoms. The molecule has 0 aliphatic heterocycles. The average molecular weight is 398 g/mol. The number of halogens is 2. The minimum atomic E-state index is -2.83. The molecule has 3 aromatic carbocycles. The van der Waals surface area contributed by atoms with Crippen LogP contribution >= 0.6 is 0 Å². The van der Waals surface area contributed by atoms with Crippen molar-refractivity contribution in [2.24, 2.45) is 0 Å². The molecule has 6 heteroatoms. The molecule has 0 heterocycles. The summed E-state index contributed by atoms with van der Waals surface area (Å²) < 4.78 is 28.6. The largest absolute Gasteiger partial charge is 0.435 e. The highest BCUT2D eigenvalue weighted by molar-refractivity contribution is 5.86. The molecule has 0 spiro atoms. The Morgan fingerprint density at radius 3 is 2.48 bits per heavy atom. The topological polar surface area (TPSA) is 50.4 Å². The molecule has 4 nitrogen and oxygen atoms in total. The van der Waals surface area contributed by atoms with Gasteiger partial charge in [-0.2, -0.15) is 8.78 Å². The van der Waals surface area contributed by atoms with Gasteiger partial charge in [-0.15, -0.1) is 0 Å². The molecular formula is C23H24F2N2O2. The fourth-order valence-electron chi connectivity index (χ4n) is 3.23. The maximum absolute atomic E-state index is 12.2. The van der Waals surface area contributed by atoms with Crippen molar-refractivity contribution in [2.45, 2.75) is 26.0 Å². The van der Waals surface area contributed by atoms with Gasteiger partial charge in [0, 0.05) is 12.6 Å². The number of benzene rings is 3. The van der Waals surface area contributed by atoms with Crippen molar-refractivity contribution in [1.82, 2.24) is 10.6 Å². The van der Waals surface area contributed by atoms with E-state index in [4.69, 9.17) is 0 Å². The molecule has 0 aliphatic rings. The van der Waals surface area contributed by atoms with Crippen LogP contribution in [0, 0.1) is 0 Å². The van der Waals surface area contributed by atoms with Crippen molar-refractivity contribution in [3.8, 4) is 5.75 Å². The summed E-state index contributed by atoms with van der Waals surface area (Å²) in [5.74, 6) is 0.0362. The molecule has 3 rings (SSSR count). The zero-order chi connectivity index (χ0) is 20.6. The van der Waals surface area contributed by atoms with Crippen molar-refractivity contribution in [2.75, 3.05) is 13.1 Å². The molecule has 0 fully saturated rings. The second-order valence-corrected chi connectivity index (χ2v) is 6.79. The highest BCUT2D eigenvalue weighted by Crippen LogP contribution is 2.23. The van der Waals surface area contributed by atoms with Gasteiger partial charge in [0.15, 0.2) is 0 Å². The first-order valence-corrected chi connectivity index (χ1v) is 9.54. The van der Waals surface area contributed by atoms with Gasteiger partial charge in [-0.25, -0.2) is 0 Å². The number of rotatable bonds is 9. The SMILES string of the molecule is C[C@H](NCC(=O)NCCc1ccc(OC(F)F)cc1)c1cccc2ccccc12. The van der Waals surface area contributed by atoms with Crippen LogP contribution in [0.4, 0.5) is 8.78 Å². The highest BCUT2D eigenvalue weighted by atomic mass is 19.3. The van der Waals surface area contributed by atoms with Gasteiger partial charge in [0.1, 0.15) is 5.75 Å². The van der Waals surface area contributed by atoms with Crippen LogP contribution in [0.2, 0.25) is 0 Å². The lowest BCUT2D eigenvalue weighted by atomic mass is 10.00. The van der Waals surface area contributed by atoms with Gasteiger partial charge >= 0.3 is 6.61 Å². The second-order valence-electron chi connectivity index (χ2n) is 6.79. The smallest absolute Gasteiger partial charge is 0.387 e. The van der Waals surface area contributed by atoms with E-state index in [-0.39, 0.29) is 24.2 Å². The van der Waals surface area contributed by atoms with Crippen molar-refractivity contribution in [3.63, 3.8) is 0 Å². The number of alkyl halides is 2. The number of nitrogens with one attached hydrogen (secondary N) is 2. The van der Waals surface area contributed by atoms with Crippen molar-refractivity contribution >= 4 is 16.7 Å². The molecule has 0 saturated carbocycles. The predicted molar refractivity (Wildman–Crippen MR) is 110 cm³/mol. The fraction of sp³-hybridized carbons (Fsp3) is 0.261. The monoisotopic (exact) mass is 398 g/mol. The molecule has 29 heavy (non-hydrogen) atoms. The molecule has 152 valence electrons. The quantitative estimate of drug-likeness (QED) is 0.560. The third-order valence-electron chi connectivity index (χ3n) is 4.74. The Hall–Kier alpha value is -2.99. The fourth-order valence-corrected chi connectivity index (χ4v) is 3.23. The van der Waals surface area contributed by atoms with Gasteiger partial charge < -0.3 is 15.4 Å². The molecule has 3 aromatic rings. The molecule has 1 atom stereocenters. The number of carbonyl (C=O) groups excluding carboxylic acids is 1. The summed E-state index contributed by atoms with van der Waals surface area (Å²) in [7, 11) is 0. The van der Waals surface area contributed by atoms with E-state index in [1.54, 1.807) is 12.1 Å². The standard InChI is InChI=1S/C23H24F2N2O2/c1-16(20-8-4-6-18-5-2-3-7-21(18)20)27-15-22(28)26-14-13-17-9-11-19(12-10-17)29-23(24)25/h2-12,16,23,27H,13-15H2,1H3,(H,26,28)/t16-/m0/s1. The maximum Gasteiger partial charge on any atom is 0.387 e. The van der Waals surface area contributed by atoms with E-state index >= 15 is 0 Å². The minimum absolute atomic E-state index is 0.0363. The van der Waals surface area contributed by atoms with Crippen LogP contribution in [0.25, 0.3) is 10.8 Å². The van der Waals surface area contributed by atoms with E-state index in [1.165, 1.54) is 22.9 Å². The molecule has 0 radical (unpaired) electrons. The van der Waals surface area contributed by atoms with Gasteiger partial charge in [0.25, 0.3) is 0 Å². The molecular weight excluding hydrogens is 374 g/mol. The van der Waals surface area contributed by atoms with Crippen molar-refractivity contribution in [3.05, 3.63) is 77.9 Å². The molecule has 0 aromatic heterocycles. The van der Waals surface area contributed by atoms with Gasteiger partial charge in [-0.3, -0.25) is 4.79 Å². The lowest BCUT2D eigenvalue weighted by Gasteiger charge is -2.16. The third-order valence-corrected chi connectivity index (χ3v) is 4.74. The van der Waals surface area contributed by atoms with E-state index < -0.39 is 6.61 Å². The number of carbonyl (C=O) groups is 1. The number of hydrogen-bond donors (Lipinski definition) is 2. The van der Waals surface area contributed by atoms with Crippen LogP contribution in [-0.4, -0.2) is 25.6 Å². The lowest BCUT2D eigenvalue weighted by Crippen LogP contribution is -2.36. The number of fused-ring (bicyclic) bond motifs is 1. The maximum atomic E-state index is 12.2. The van der Waals surface area contributed by atoms with Gasteiger partial charge in [-0.1, -0.05) is 54.6 Å². The van der Waals surface area contributed by atoms with E-state index in [1.807, 2.05) is 25.1 Å². The Balaban J connectivity index is 1.44. The number of amides is 1. The summed E-state index contributed by atoms with van der Waals surface area (Å²) >= 11 is 0. The predicted octanol–water partition coefficient (Wildman–Crippen LogP) is 4.45. The van der Waals surface area contributed by atoms with E-state index in [9.17, 15) is 13.6 Å². The van der Waals surface area contributed by atoms with Crippen molar-refractivity contribution < 1.29 is 18.3 Å². The van der Waals surface area contributed by atoms with E-state index in [0.717, 1.165) is 11.1 Å². The summed E-state index contributed by atoms with van der Waals surface area (Å²) in [5.41, 5.74) is 2.09. The van der Waals surface area contributed by atoms with Crippen LogP contribution in [-0.2, 0) is 11.2 Å². The van der Waals surface area contributed by atoms with Gasteiger partial charge in [-0.05, 0) is 47.4 Å². The van der Waals surface area contributed by atoms with Crippen LogP contribution in [0.3, 0.4) is 0 Å². The molecule has 0 aliphatic carbocycles.